The summed E-state index contributed by atoms with van der Waals surface area (Å²) in [5.74, 6) is 1.19. The highest BCUT2D eigenvalue weighted by molar-refractivity contribution is 5.64. The van der Waals surface area contributed by atoms with E-state index in [1.54, 1.807) is 12.4 Å². The van der Waals surface area contributed by atoms with E-state index in [1.807, 2.05) is 19.1 Å². The van der Waals surface area contributed by atoms with Crippen LogP contribution >= 0.6 is 0 Å². The summed E-state index contributed by atoms with van der Waals surface area (Å²) < 4.78 is 2.08. The molecule has 6 heteroatoms. The molecular weight excluding hydrogens is 290 g/mol. The molecule has 0 radical (unpaired) electrons. The van der Waals surface area contributed by atoms with Crippen LogP contribution in [0.15, 0.2) is 29.3 Å². The normalized spacial score (nSPS) is 16.0. The fourth-order valence-electron chi connectivity index (χ4n) is 3.45. The van der Waals surface area contributed by atoms with Gasteiger partial charge in [-0.05, 0) is 31.9 Å². The summed E-state index contributed by atoms with van der Waals surface area (Å²) in [6, 6.07) is 4.04. The molecular formula is C17H19N5O. The first-order chi connectivity index (χ1) is 11.2. The van der Waals surface area contributed by atoms with Crippen molar-refractivity contribution in [3.05, 3.63) is 40.6 Å². The molecule has 0 unspecified atom stereocenters. The molecule has 3 heterocycles. The zero-order valence-electron chi connectivity index (χ0n) is 13.1. The number of hydrogen-bond acceptors (Lipinski definition) is 4. The number of fused-ring (bicyclic) bond motifs is 1. The van der Waals surface area contributed by atoms with E-state index in [1.165, 1.54) is 19.3 Å². The van der Waals surface area contributed by atoms with Crippen LogP contribution in [0.25, 0.3) is 22.8 Å². The van der Waals surface area contributed by atoms with E-state index in [0.29, 0.717) is 17.4 Å². The average Bonchev–Trinajstić information content (AvgIpc) is 2.94. The molecule has 3 aliphatic rings. The van der Waals surface area contributed by atoms with Gasteiger partial charge in [-0.2, -0.15) is 4.98 Å². The Bertz CT molecular complexity index is 845. The van der Waals surface area contributed by atoms with Crippen molar-refractivity contribution in [2.75, 3.05) is 0 Å². The van der Waals surface area contributed by atoms with Crippen LogP contribution in [0.2, 0.25) is 0 Å². The van der Waals surface area contributed by atoms with Crippen molar-refractivity contribution in [2.45, 2.75) is 45.1 Å². The third-order valence-corrected chi connectivity index (χ3v) is 4.63. The maximum atomic E-state index is 12.5. The lowest BCUT2D eigenvalue weighted by molar-refractivity contribution is 0.330. The summed E-state index contributed by atoms with van der Waals surface area (Å²) in [7, 11) is 0. The Morgan fingerprint density at radius 1 is 1.13 bits per heavy atom. The van der Waals surface area contributed by atoms with E-state index < -0.39 is 0 Å². The quantitative estimate of drug-likeness (QED) is 0.789. The minimum Gasteiger partial charge on any atom is -0.300 e. The third-order valence-electron chi connectivity index (χ3n) is 4.63. The molecule has 1 fully saturated rings. The largest absolute Gasteiger partial charge is 0.300 e. The molecule has 1 aliphatic carbocycles. The van der Waals surface area contributed by atoms with Crippen LogP contribution in [0, 0.1) is 6.92 Å². The van der Waals surface area contributed by atoms with E-state index in [0.717, 1.165) is 29.9 Å². The molecule has 0 spiro atoms. The minimum absolute atomic E-state index is 0.217. The number of pyridine rings is 1. The first kappa shape index (κ1) is 14.1. The van der Waals surface area contributed by atoms with E-state index >= 15 is 0 Å². The Hall–Kier alpha value is -2.50. The fourth-order valence-corrected chi connectivity index (χ4v) is 3.45. The van der Waals surface area contributed by atoms with Crippen LogP contribution in [-0.4, -0.2) is 24.7 Å². The summed E-state index contributed by atoms with van der Waals surface area (Å²) in [6.07, 6.45) is 9.37. The van der Waals surface area contributed by atoms with Crippen LogP contribution in [0.3, 0.4) is 0 Å². The molecule has 0 amide bonds. The highest BCUT2D eigenvalue weighted by Crippen LogP contribution is 2.32. The predicted octanol–water partition coefficient (Wildman–Crippen LogP) is 2.95. The molecule has 1 N–H and O–H groups in total. The predicted molar refractivity (Wildman–Crippen MR) is 87.4 cm³/mol. The van der Waals surface area contributed by atoms with Crippen LogP contribution in [0.4, 0.5) is 0 Å². The Morgan fingerprint density at radius 3 is 2.61 bits per heavy atom. The lowest BCUT2D eigenvalue weighted by atomic mass is 9.95. The van der Waals surface area contributed by atoms with Gasteiger partial charge in [0.05, 0.1) is 6.04 Å². The lowest BCUT2D eigenvalue weighted by Crippen LogP contribution is -2.19. The van der Waals surface area contributed by atoms with Gasteiger partial charge in [-0.1, -0.05) is 19.3 Å². The van der Waals surface area contributed by atoms with Crippen LogP contribution in [0.5, 0.6) is 0 Å². The van der Waals surface area contributed by atoms with E-state index in [-0.39, 0.29) is 5.56 Å². The molecule has 4 rings (SSSR count). The molecule has 23 heavy (non-hydrogen) atoms. The molecule has 1 aromatic heterocycles. The first-order valence-electron chi connectivity index (χ1n) is 8.13. The van der Waals surface area contributed by atoms with E-state index in [4.69, 9.17) is 4.98 Å². The Balaban J connectivity index is 1.88. The molecule has 0 saturated heterocycles. The highest BCUT2D eigenvalue weighted by Gasteiger charge is 2.26. The van der Waals surface area contributed by atoms with Crippen molar-refractivity contribution in [1.29, 1.82) is 0 Å². The summed E-state index contributed by atoms with van der Waals surface area (Å²) in [5.41, 5.74) is 2.04. The molecule has 0 bridgehead atoms. The van der Waals surface area contributed by atoms with E-state index in [2.05, 4.69) is 19.7 Å². The Morgan fingerprint density at radius 2 is 1.87 bits per heavy atom. The SMILES string of the molecule is Cc1[nH]n(C2CCCCC2)c2nc(-c3ccncc3)nc(=O)c1-2. The molecule has 118 valence electrons. The number of aromatic amines is 1. The second-order valence-corrected chi connectivity index (χ2v) is 6.19. The number of rotatable bonds is 2. The average molecular weight is 309 g/mol. The molecule has 6 nitrogen and oxygen atoms in total. The molecule has 2 aliphatic heterocycles. The van der Waals surface area contributed by atoms with Gasteiger partial charge in [0.2, 0.25) is 0 Å². The number of aromatic nitrogens is 5. The monoisotopic (exact) mass is 309 g/mol. The van der Waals surface area contributed by atoms with Crippen LogP contribution in [0.1, 0.15) is 43.8 Å². The zero-order valence-corrected chi connectivity index (χ0v) is 13.1. The van der Waals surface area contributed by atoms with Crippen molar-refractivity contribution in [2.24, 2.45) is 0 Å². The van der Waals surface area contributed by atoms with Gasteiger partial charge in [0.1, 0.15) is 5.56 Å². The van der Waals surface area contributed by atoms with Gasteiger partial charge in [-0.3, -0.25) is 14.5 Å². The molecule has 0 aromatic carbocycles. The highest BCUT2D eigenvalue weighted by atomic mass is 16.1. The van der Waals surface area contributed by atoms with Gasteiger partial charge < -0.3 is 5.10 Å². The van der Waals surface area contributed by atoms with Crippen molar-refractivity contribution >= 4 is 0 Å². The number of H-pyrrole nitrogens is 1. The van der Waals surface area contributed by atoms with Crippen molar-refractivity contribution in [3.63, 3.8) is 0 Å². The summed E-state index contributed by atoms with van der Waals surface area (Å²) in [4.78, 5) is 25.4. The maximum absolute atomic E-state index is 12.5. The van der Waals surface area contributed by atoms with Gasteiger partial charge in [0, 0.05) is 23.7 Å². The number of hydrogen-bond donors (Lipinski definition) is 1. The first-order valence-corrected chi connectivity index (χ1v) is 8.13. The second-order valence-electron chi connectivity index (χ2n) is 6.19. The van der Waals surface area contributed by atoms with Crippen molar-refractivity contribution in [3.8, 4) is 22.8 Å². The van der Waals surface area contributed by atoms with Crippen molar-refractivity contribution in [1.82, 2.24) is 24.7 Å². The maximum Gasteiger partial charge on any atom is 0.284 e. The topological polar surface area (TPSA) is 76.5 Å². The Kier molecular flexibility index (Phi) is 3.44. The number of nitrogens with zero attached hydrogens (tertiary/aromatic N) is 4. The van der Waals surface area contributed by atoms with Gasteiger partial charge in [0.25, 0.3) is 5.56 Å². The summed E-state index contributed by atoms with van der Waals surface area (Å²) in [5, 5.41) is 3.34. The number of nitrogens with one attached hydrogen (secondary N) is 1. The van der Waals surface area contributed by atoms with Gasteiger partial charge in [0.15, 0.2) is 11.6 Å². The van der Waals surface area contributed by atoms with Crippen LogP contribution < -0.4 is 5.56 Å². The second kappa shape index (κ2) is 5.61. The molecule has 0 atom stereocenters. The standard InChI is InChI=1S/C17H19N5O/c1-11-14-16(22(21-11)13-5-3-2-4-6-13)19-15(20-17(14)23)12-7-9-18-10-8-12/h7-10,13,21H,2-6H2,1H3. The van der Waals surface area contributed by atoms with Crippen molar-refractivity contribution < 1.29 is 0 Å². The smallest absolute Gasteiger partial charge is 0.284 e. The zero-order chi connectivity index (χ0) is 15.8. The third kappa shape index (κ3) is 2.44. The van der Waals surface area contributed by atoms with E-state index in [9.17, 15) is 4.79 Å². The van der Waals surface area contributed by atoms with Crippen LogP contribution in [-0.2, 0) is 0 Å². The lowest BCUT2D eigenvalue weighted by Gasteiger charge is -2.23. The summed E-state index contributed by atoms with van der Waals surface area (Å²) >= 11 is 0. The van der Waals surface area contributed by atoms with Gasteiger partial charge in [-0.25, -0.2) is 4.98 Å². The fraction of sp³-hybridized carbons (Fsp3) is 0.412. The van der Waals surface area contributed by atoms with Gasteiger partial charge in [-0.15, -0.1) is 0 Å². The summed E-state index contributed by atoms with van der Waals surface area (Å²) in [6.45, 7) is 1.92. The number of aryl methyl sites for hydroxylation is 1. The van der Waals surface area contributed by atoms with Gasteiger partial charge >= 0.3 is 0 Å². The molecule has 1 saturated carbocycles. The minimum atomic E-state index is -0.217. The Labute approximate surface area is 134 Å². The molecule has 1 aromatic rings.